The summed E-state index contributed by atoms with van der Waals surface area (Å²) in [5, 5.41) is 4.69. The smallest absolute Gasteiger partial charge is 0.126 e. The molecule has 88 valence electrons. The van der Waals surface area contributed by atoms with Crippen LogP contribution in [0, 0.1) is 0 Å². The molecule has 0 atom stereocenters. The highest BCUT2D eigenvalue weighted by Gasteiger charge is 2.26. The van der Waals surface area contributed by atoms with Crippen molar-refractivity contribution in [3.63, 3.8) is 0 Å². The molecule has 2 aliphatic rings. The summed E-state index contributed by atoms with van der Waals surface area (Å²) in [6.07, 6.45) is 2.35. The molecule has 0 radical (unpaired) electrons. The van der Waals surface area contributed by atoms with Gasteiger partial charge in [0.2, 0.25) is 0 Å². The fourth-order valence-corrected chi connectivity index (χ4v) is 3.62. The molecule has 0 aliphatic carbocycles. The molecule has 1 aromatic rings. The number of anilines is 1. The van der Waals surface area contributed by atoms with Crippen LogP contribution in [-0.4, -0.2) is 34.8 Å². The molecule has 4 nitrogen and oxygen atoms in total. The van der Waals surface area contributed by atoms with Gasteiger partial charge in [-0.25, -0.2) is 4.68 Å². The van der Waals surface area contributed by atoms with Crippen molar-refractivity contribution < 1.29 is 0 Å². The zero-order valence-corrected chi connectivity index (χ0v) is 10.5. The van der Waals surface area contributed by atoms with Crippen LogP contribution in [0.4, 0.5) is 5.82 Å². The molecule has 0 saturated carbocycles. The Morgan fingerprint density at radius 2 is 2.06 bits per heavy atom. The summed E-state index contributed by atoms with van der Waals surface area (Å²) in [7, 11) is 2.18. The maximum absolute atomic E-state index is 6.19. The first-order valence-electron chi connectivity index (χ1n) is 5.87. The number of likely N-dealkylation sites (tertiary alicyclic amines) is 1. The molecule has 0 amide bonds. The van der Waals surface area contributed by atoms with Crippen molar-refractivity contribution in [2.24, 2.45) is 0 Å². The average molecular weight is 238 g/mol. The van der Waals surface area contributed by atoms with Gasteiger partial charge in [0.1, 0.15) is 5.82 Å². The second-order valence-corrected chi connectivity index (χ2v) is 5.77. The van der Waals surface area contributed by atoms with Crippen molar-refractivity contribution in [3.05, 3.63) is 11.3 Å². The van der Waals surface area contributed by atoms with Gasteiger partial charge < -0.3 is 10.6 Å². The molecule has 0 aromatic carbocycles. The predicted molar refractivity (Wildman–Crippen MR) is 67.4 cm³/mol. The number of piperidine rings is 1. The molecule has 5 heteroatoms. The van der Waals surface area contributed by atoms with Crippen molar-refractivity contribution >= 4 is 17.6 Å². The third-order valence-electron chi connectivity index (χ3n) is 3.65. The van der Waals surface area contributed by atoms with Crippen molar-refractivity contribution in [2.45, 2.75) is 30.4 Å². The summed E-state index contributed by atoms with van der Waals surface area (Å²) in [5.41, 5.74) is 8.71. The number of hydrogen-bond donors (Lipinski definition) is 1. The SMILES string of the molecule is CN1CCC(n2nc3c(c2N)CSC3)CC1. The van der Waals surface area contributed by atoms with Crippen LogP contribution >= 0.6 is 11.8 Å². The summed E-state index contributed by atoms with van der Waals surface area (Å²) >= 11 is 1.92. The fourth-order valence-electron chi connectivity index (χ4n) is 2.57. The molecule has 1 aromatic heterocycles. The molecule has 0 spiro atoms. The monoisotopic (exact) mass is 238 g/mol. The molecule has 3 rings (SSSR count). The molecule has 3 heterocycles. The van der Waals surface area contributed by atoms with Crippen LogP contribution in [-0.2, 0) is 11.5 Å². The first kappa shape index (κ1) is 10.5. The van der Waals surface area contributed by atoms with Gasteiger partial charge in [-0.3, -0.25) is 0 Å². The minimum Gasteiger partial charge on any atom is -0.384 e. The summed E-state index contributed by atoms with van der Waals surface area (Å²) < 4.78 is 2.09. The Kier molecular flexibility index (Phi) is 2.59. The highest BCUT2D eigenvalue weighted by Crippen LogP contribution is 2.36. The van der Waals surface area contributed by atoms with Gasteiger partial charge in [-0.1, -0.05) is 0 Å². The van der Waals surface area contributed by atoms with Gasteiger partial charge in [0.05, 0.1) is 11.7 Å². The quantitative estimate of drug-likeness (QED) is 0.805. The van der Waals surface area contributed by atoms with Crippen LogP contribution in [0.25, 0.3) is 0 Å². The number of nitrogen functional groups attached to an aromatic ring is 1. The Balaban J connectivity index is 1.84. The van der Waals surface area contributed by atoms with Gasteiger partial charge in [-0.05, 0) is 33.0 Å². The van der Waals surface area contributed by atoms with E-state index < -0.39 is 0 Å². The summed E-state index contributed by atoms with van der Waals surface area (Å²) in [5.74, 6) is 3.02. The van der Waals surface area contributed by atoms with Crippen LogP contribution in [0.3, 0.4) is 0 Å². The zero-order valence-electron chi connectivity index (χ0n) is 9.65. The summed E-state index contributed by atoms with van der Waals surface area (Å²) in [4.78, 5) is 2.37. The summed E-state index contributed by atoms with van der Waals surface area (Å²) in [6, 6.07) is 0.520. The lowest BCUT2D eigenvalue weighted by Crippen LogP contribution is -2.32. The van der Waals surface area contributed by atoms with Gasteiger partial charge in [0.15, 0.2) is 0 Å². The third-order valence-corrected chi connectivity index (χ3v) is 4.62. The van der Waals surface area contributed by atoms with Crippen molar-refractivity contribution in [1.29, 1.82) is 0 Å². The summed E-state index contributed by atoms with van der Waals surface area (Å²) in [6.45, 7) is 2.31. The van der Waals surface area contributed by atoms with Gasteiger partial charge in [-0.15, -0.1) is 0 Å². The molecular formula is C11H18N4S. The molecular weight excluding hydrogens is 220 g/mol. The minimum atomic E-state index is 0.520. The van der Waals surface area contributed by atoms with E-state index in [-0.39, 0.29) is 0 Å². The minimum absolute atomic E-state index is 0.520. The van der Waals surface area contributed by atoms with E-state index in [1.54, 1.807) is 0 Å². The van der Waals surface area contributed by atoms with E-state index in [1.807, 2.05) is 11.8 Å². The van der Waals surface area contributed by atoms with Gasteiger partial charge in [-0.2, -0.15) is 16.9 Å². The molecule has 16 heavy (non-hydrogen) atoms. The van der Waals surface area contributed by atoms with Gasteiger partial charge >= 0.3 is 0 Å². The second-order valence-electron chi connectivity index (χ2n) is 4.78. The van der Waals surface area contributed by atoms with E-state index in [0.29, 0.717) is 6.04 Å². The van der Waals surface area contributed by atoms with E-state index in [0.717, 1.165) is 30.4 Å². The molecule has 2 N–H and O–H groups in total. The lowest BCUT2D eigenvalue weighted by molar-refractivity contribution is 0.213. The van der Waals surface area contributed by atoms with E-state index >= 15 is 0 Å². The second kappa shape index (κ2) is 3.96. The number of rotatable bonds is 1. The van der Waals surface area contributed by atoms with Crippen LogP contribution in [0.1, 0.15) is 30.1 Å². The zero-order chi connectivity index (χ0) is 11.1. The number of nitrogens with zero attached hydrogens (tertiary/aromatic N) is 3. The largest absolute Gasteiger partial charge is 0.384 e. The molecule has 0 bridgehead atoms. The van der Waals surface area contributed by atoms with Crippen LogP contribution in [0.15, 0.2) is 0 Å². The number of thioether (sulfide) groups is 1. The molecule has 0 unspecified atom stereocenters. The molecule has 2 aliphatic heterocycles. The van der Waals surface area contributed by atoms with E-state index in [9.17, 15) is 0 Å². The highest BCUT2D eigenvalue weighted by molar-refractivity contribution is 7.98. The van der Waals surface area contributed by atoms with Gasteiger partial charge in [0, 0.05) is 17.1 Å². The Morgan fingerprint density at radius 1 is 1.31 bits per heavy atom. The standard InChI is InChI=1S/C11H18N4S/c1-14-4-2-8(3-5-14)15-11(12)9-6-16-7-10(9)13-15/h8H,2-7,12H2,1H3. The first-order chi connectivity index (χ1) is 7.75. The van der Waals surface area contributed by atoms with Gasteiger partial charge in [0.25, 0.3) is 0 Å². The molecule has 1 saturated heterocycles. The number of aromatic nitrogens is 2. The third kappa shape index (κ3) is 1.62. The van der Waals surface area contributed by atoms with Crippen molar-refractivity contribution in [1.82, 2.24) is 14.7 Å². The predicted octanol–water partition coefficient (Wildman–Crippen LogP) is 1.48. The Morgan fingerprint density at radius 3 is 2.75 bits per heavy atom. The van der Waals surface area contributed by atoms with E-state index in [1.165, 1.54) is 24.1 Å². The van der Waals surface area contributed by atoms with Crippen LogP contribution < -0.4 is 5.73 Å². The highest BCUT2D eigenvalue weighted by atomic mass is 32.2. The lowest BCUT2D eigenvalue weighted by Gasteiger charge is -2.29. The Labute approximate surface area is 100 Å². The normalized spacial score (nSPS) is 22.6. The Bertz CT molecular complexity index is 393. The van der Waals surface area contributed by atoms with E-state index in [4.69, 9.17) is 10.8 Å². The Hall–Kier alpha value is -0.680. The molecule has 1 fully saturated rings. The average Bonchev–Trinajstić information content (AvgIpc) is 2.84. The van der Waals surface area contributed by atoms with Crippen molar-refractivity contribution in [3.8, 4) is 0 Å². The number of hydrogen-bond acceptors (Lipinski definition) is 4. The van der Waals surface area contributed by atoms with Crippen molar-refractivity contribution in [2.75, 3.05) is 25.9 Å². The fraction of sp³-hybridized carbons (Fsp3) is 0.727. The number of nitrogens with two attached hydrogens (primary N) is 1. The van der Waals surface area contributed by atoms with Crippen LogP contribution in [0.2, 0.25) is 0 Å². The lowest BCUT2D eigenvalue weighted by atomic mass is 10.1. The maximum Gasteiger partial charge on any atom is 0.126 e. The topological polar surface area (TPSA) is 47.1 Å². The van der Waals surface area contributed by atoms with E-state index in [2.05, 4.69) is 16.6 Å². The van der Waals surface area contributed by atoms with Crippen LogP contribution in [0.5, 0.6) is 0 Å². The number of fused-ring (bicyclic) bond motifs is 1. The maximum atomic E-state index is 6.19. The first-order valence-corrected chi connectivity index (χ1v) is 7.03.